The third kappa shape index (κ3) is 3.29. The number of carbonyl (C=O) groups is 2. The van der Waals surface area contributed by atoms with Crippen LogP contribution in [-0.2, 0) is 14.3 Å². The lowest BCUT2D eigenvalue weighted by Gasteiger charge is -2.38. The quantitative estimate of drug-likeness (QED) is 0.921. The lowest BCUT2D eigenvalue weighted by molar-refractivity contribution is -0.160. The van der Waals surface area contributed by atoms with Crippen LogP contribution in [0, 0.1) is 12.7 Å². The number of anilines is 1. The molecule has 2 heterocycles. The average Bonchev–Trinajstić information content (AvgIpc) is 2.96. The van der Waals surface area contributed by atoms with Crippen molar-refractivity contribution in [2.24, 2.45) is 0 Å². The zero-order valence-electron chi connectivity index (χ0n) is 13.2. The number of ether oxygens (including phenoxy) is 1. The van der Waals surface area contributed by atoms with Crippen LogP contribution in [0.25, 0.3) is 0 Å². The van der Waals surface area contributed by atoms with Crippen LogP contribution in [0.15, 0.2) is 30.5 Å². The van der Waals surface area contributed by atoms with Gasteiger partial charge in [0.1, 0.15) is 12.4 Å². The molecule has 0 spiro atoms. The number of thiazole rings is 1. The molecule has 1 aliphatic rings. The maximum atomic E-state index is 13.2. The summed E-state index contributed by atoms with van der Waals surface area (Å²) < 4.78 is 18.7. The molecule has 3 rings (SSSR count). The summed E-state index contributed by atoms with van der Waals surface area (Å²) in [4.78, 5) is 31.1. The van der Waals surface area contributed by atoms with Gasteiger partial charge < -0.3 is 9.64 Å². The van der Waals surface area contributed by atoms with Crippen LogP contribution in [0.4, 0.5) is 9.52 Å². The molecule has 2 amide bonds. The van der Waals surface area contributed by atoms with Crippen molar-refractivity contribution < 1.29 is 18.7 Å². The topological polar surface area (TPSA) is 71.5 Å². The van der Waals surface area contributed by atoms with Crippen molar-refractivity contribution in [2.45, 2.75) is 19.1 Å². The van der Waals surface area contributed by atoms with Crippen LogP contribution >= 0.6 is 11.3 Å². The molecule has 0 unspecified atom stereocenters. The van der Waals surface area contributed by atoms with Crippen LogP contribution in [0.1, 0.15) is 16.5 Å². The average molecular weight is 349 g/mol. The molecule has 24 heavy (non-hydrogen) atoms. The fraction of sp³-hybridized carbons (Fsp3) is 0.312. The minimum atomic E-state index is -0.901. The van der Waals surface area contributed by atoms with Gasteiger partial charge in [-0.3, -0.25) is 14.9 Å². The van der Waals surface area contributed by atoms with Crippen LogP contribution < -0.4 is 5.32 Å². The maximum absolute atomic E-state index is 13.2. The van der Waals surface area contributed by atoms with Gasteiger partial charge >= 0.3 is 0 Å². The predicted octanol–water partition coefficient (Wildman–Crippen LogP) is 2.13. The normalized spacial score (nSPS) is 21.0. The number of likely N-dealkylation sites (N-methyl/N-ethyl adjacent to an activating group) is 1. The van der Waals surface area contributed by atoms with E-state index in [1.807, 2.05) is 6.92 Å². The summed E-state index contributed by atoms with van der Waals surface area (Å²) in [6.45, 7) is 1.71. The smallest absolute Gasteiger partial charge is 0.257 e. The Labute approximate surface area is 142 Å². The number of carbonyl (C=O) groups excluding carboxylic acids is 2. The highest BCUT2D eigenvalue weighted by Crippen LogP contribution is 2.30. The van der Waals surface area contributed by atoms with Crippen molar-refractivity contribution >= 4 is 28.3 Å². The van der Waals surface area contributed by atoms with E-state index in [0.29, 0.717) is 10.7 Å². The molecule has 6 nitrogen and oxygen atoms in total. The predicted molar refractivity (Wildman–Crippen MR) is 87.1 cm³/mol. The number of rotatable bonds is 3. The number of nitrogens with one attached hydrogen (secondary N) is 1. The van der Waals surface area contributed by atoms with Crippen LogP contribution in [0.2, 0.25) is 0 Å². The van der Waals surface area contributed by atoms with E-state index in [0.717, 1.165) is 4.88 Å². The summed E-state index contributed by atoms with van der Waals surface area (Å²) >= 11 is 1.35. The first kappa shape index (κ1) is 16.5. The second kappa shape index (κ2) is 6.66. The molecule has 1 fully saturated rings. The van der Waals surface area contributed by atoms with Crippen LogP contribution in [0.3, 0.4) is 0 Å². The van der Waals surface area contributed by atoms with Gasteiger partial charge in [-0.25, -0.2) is 9.37 Å². The molecule has 126 valence electrons. The standard InChI is InChI=1S/C16H16FN3O3S/c1-9-7-18-16(24-9)19-15(22)14-13(20(2)12(21)8-23-14)10-3-5-11(17)6-4-10/h3-7,13-14H,8H2,1-2H3,(H,18,19,22)/t13-,14-/m0/s1. The first-order valence-electron chi connectivity index (χ1n) is 7.31. The summed E-state index contributed by atoms with van der Waals surface area (Å²) in [5.74, 6) is -1.01. The molecule has 0 bridgehead atoms. The van der Waals surface area contributed by atoms with Gasteiger partial charge in [0.25, 0.3) is 5.91 Å². The molecular formula is C16H16FN3O3S. The van der Waals surface area contributed by atoms with E-state index < -0.39 is 18.1 Å². The zero-order valence-corrected chi connectivity index (χ0v) is 14.0. The Morgan fingerprint density at radius 2 is 2.12 bits per heavy atom. The van der Waals surface area contributed by atoms with Gasteiger partial charge in [-0.05, 0) is 24.6 Å². The molecule has 1 aliphatic heterocycles. The van der Waals surface area contributed by atoms with Crippen molar-refractivity contribution in [2.75, 3.05) is 19.0 Å². The molecule has 1 aromatic heterocycles. The number of aryl methyl sites for hydroxylation is 1. The second-order valence-electron chi connectivity index (χ2n) is 5.50. The van der Waals surface area contributed by atoms with Crippen molar-refractivity contribution in [3.05, 3.63) is 46.7 Å². The SMILES string of the molecule is Cc1cnc(NC(=O)[C@H]2OCC(=O)N(C)[C@H]2c2ccc(F)cc2)s1. The number of amides is 2. The van der Waals surface area contributed by atoms with Crippen LogP contribution in [0.5, 0.6) is 0 Å². The summed E-state index contributed by atoms with van der Waals surface area (Å²) in [6.07, 6.45) is 0.761. The lowest BCUT2D eigenvalue weighted by Crippen LogP contribution is -2.51. The van der Waals surface area contributed by atoms with Gasteiger partial charge in [-0.2, -0.15) is 0 Å². The molecule has 0 saturated carbocycles. The Balaban J connectivity index is 1.86. The van der Waals surface area contributed by atoms with E-state index >= 15 is 0 Å². The van der Waals surface area contributed by atoms with Crippen molar-refractivity contribution in [3.63, 3.8) is 0 Å². The number of halogens is 1. The highest BCUT2D eigenvalue weighted by molar-refractivity contribution is 7.15. The van der Waals surface area contributed by atoms with E-state index in [1.165, 1.54) is 28.4 Å². The third-order valence-electron chi connectivity index (χ3n) is 3.81. The molecule has 1 N–H and O–H groups in total. The van der Waals surface area contributed by atoms with Gasteiger partial charge in [-0.15, -0.1) is 11.3 Å². The molecule has 0 radical (unpaired) electrons. The first-order valence-corrected chi connectivity index (χ1v) is 8.13. The Kier molecular flexibility index (Phi) is 4.59. The summed E-state index contributed by atoms with van der Waals surface area (Å²) in [7, 11) is 1.60. The van der Waals surface area contributed by atoms with E-state index in [9.17, 15) is 14.0 Å². The van der Waals surface area contributed by atoms with Gasteiger partial charge in [0.15, 0.2) is 11.2 Å². The number of morpholine rings is 1. The van der Waals surface area contributed by atoms with Crippen molar-refractivity contribution in [1.29, 1.82) is 0 Å². The lowest BCUT2D eigenvalue weighted by atomic mass is 9.97. The Morgan fingerprint density at radius 1 is 1.42 bits per heavy atom. The maximum Gasteiger partial charge on any atom is 0.257 e. The largest absolute Gasteiger partial charge is 0.356 e. The van der Waals surface area contributed by atoms with Crippen LogP contribution in [-0.4, -0.2) is 41.5 Å². The molecular weight excluding hydrogens is 333 g/mol. The molecule has 2 atom stereocenters. The molecule has 2 aromatic rings. The number of hydrogen-bond acceptors (Lipinski definition) is 5. The number of aromatic nitrogens is 1. The van der Waals surface area contributed by atoms with Crippen molar-refractivity contribution in [3.8, 4) is 0 Å². The minimum absolute atomic E-state index is 0.177. The zero-order chi connectivity index (χ0) is 17.3. The van der Waals surface area contributed by atoms with E-state index in [-0.39, 0.29) is 18.3 Å². The fourth-order valence-electron chi connectivity index (χ4n) is 2.58. The third-order valence-corrected chi connectivity index (χ3v) is 4.63. The van der Waals surface area contributed by atoms with Crippen molar-refractivity contribution in [1.82, 2.24) is 9.88 Å². The van der Waals surface area contributed by atoms with E-state index in [2.05, 4.69) is 10.3 Å². The Hall–Kier alpha value is -2.32. The van der Waals surface area contributed by atoms with E-state index in [4.69, 9.17) is 4.74 Å². The number of nitrogens with zero attached hydrogens (tertiary/aromatic N) is 2. The minimum Gasteiger partial charge on any atom is -0.356 e. The Morgan fingerprint density at radius 3 is 2.75 bits per heavy atom. The summed E-state index contributed by atoms with van der Waals surface area (Å²) in [5.41, 5.74) is 0.627. The molecule has 1 saturated heterocycles. The first-order chi connectivity index (χ1) is 11.5. The highest BCUT2D eigenvalue weighted by atomic mass is 32.1. The molecule has 1 aromatic carbocycles. The second-order valence-corrected chi connectivity index (χ2v) is 6.73. The summed E-state index contributed by atoms with van der Waals surface area (Å²) in [5, 5.41) is 3.18. The molecule has 0 aliphatic carbocycles. The monoisotopic (exact) mass is 349 g/mol. The van der Waals surface area contributed by atoms with E-state index in [1.54, 1.807) is 25.4 Å². The van der Waals surface area contributed by atoms with Gasteiger partial charge in [-0.1, -0.05) is 12.1 Å². The van der Waals surface area contributed by atoms with Gasteiger partial charge in [0.05, 0.1) is 6.04 Å². The van der Waals surface area contributed by atoms with Gasteiger partial charge in [0.2, 0.25) is 5.91 Å². The fourth-order valence-corrected chi connectivity index (χ4v) is 3.25. The number of benzene rings is 1. The number of hydrogen-bond donors (Lipinski definition) is 1. The Bertz CT molecular complexity index is 762. The molecule has 8 heteroatoms. The summed E-state index contributed by atoms with van der Waals surface area (Å²) in [6, 6.07) is 5.05. The van der Waals surface area contributed by atoms with Gasteiger partial charge in [0, 0.05) is 18.1 Å². The highest BCUT2D eigenvalue weighted by Gasteiger charge is 2.40.